The van der Waals surface area contributed by atoms with Crippen molar-refractivity contribution in [3.63, 3.8) is 0 Å². The van der Waals surface area contributed by atoms with Gasteiger partial charge in [-0.25, -0.2) is 8.78 Å². The zero-order valence-electron chi connectivity index (χ0n) is 16.8. The molecule has 0 radical (unpaired) electrons. The van der Waals surface area contributed by atoms with E-state index < -0.39 is 29.2 Å². The van der Waals surface area contributed by atoms with Crippen molar-refractivity contribution in [3.05, 3.63) is 81.1 Å². The molecule has 1 heterocycles. The summed E-state index contributed by atoms with van der Waals surface area (Å²) in [6.07, 6.45) is -0.805. The molecule has 0 aliphatic rings. The molecule has 1 unspecified atom stereocenters. The van der Waals surface area contributed by atoms with Gasteiger partial charge in [0.15, 0.2) is 0 Å². The van der Waals surface area contributed by atoms with Crippen LogP contribution in [-0.2, 0) is 0 Å². The van der Waals surface area contributed by atoms with E-state index in [2.05, 4.69) is 10.4 Å². The smallest absolute Gasteiger partial charge is 0.284 e. The largest absolute Gasteiger partial charge is 0.391 e. The van der Waals surface area contributed by atoms with Gasteiger partial charge in [0, 0.05) is 23.2 Å². The summed E-state index contributed by atoms with van der Waals surface area (Å²) >= 11 is 5.92. The monoisotopic (exact) mass is 447 g/mol. The Balaban J connectivity index is 2.13. The average molecular weight is 448 g/mol. The van der Waals surface area contributed by atoms with Gasteiger partial charge >= 0.3 is 0 Å². The lowest BCUT2D eigenvalue weighted by molar-refractivity contribution is 0.0869. The first-order valence-electron chi connectivity index (χ1n) is 9.48. The second-order valence-electron chi connectivity index (χ2n) is 7.32. The first-order valence-corrected chi connectivity index (χ1v) is 9.86. The Bertz CT molecular complexity index is 1140. The molecule has 9 heteroatoms. The van der Waals surface area contributed by atoms with E-state index in [9.17, 15) is 23.5 Å². The number of hydrogen-bond donors (Lipinski definition) is 2. The van der Waals surface area contributed by atoms with Gasteiger partial charge in [0.25, 0.3) is 11.5 Å². The van der Waals surface area contributed by atoms with E-state index in [1.165, 1.54) is 6.07 Å². The molecule has 2 N–H and O–H groups in total. The summed E-state index contributed by atoms with van der Waals surface area (Å²) in [7, 11) is 0. The number of nitrogens with one attached hydrogen (secondary N) is 1. The third kappa shape index (κ3) is 5.34. The normalized spacial score (nSPS) is 12.1. The van der Waals surface area contributed by atoms with E-state index in [0.29, 0.717) is 16.7 Å². The summed E-state index contributed by atoms with van der Waals surface area (Å²) in [5.41, 5.74) is -0.573. The number of carbonyl (C=O) groups excluding carboxylic acids is 1. The number of rotatable bonds is 6. The van der Waals surface area contributed by atoms with Gasteiger partial charge in [-0.05, 0) is 36.2 Å². The molecule has 3 aromatic rings. The number of amides is 1. The second-order valence-corrected chi connectivity index (χ2v) is 7.75. The highest BCUT2D eigenvalue weighted by Gasteiger charge is 2.19. The maximum Gasteiger partial charge on any atom is 0.284 e. The SMILES string of the molecule is CC(C)C(O)CNC(=O)c1cc(-c2ccc(Cl)cc2)nn(-c2cc(F)cc(F)c2)c1=O. The fourth-order valence-corrected chi connectivity index (χ4v) is 2.91. The number of carbonyl (C=O) groups is 1. The molecule has 0 fully saturated rings. The molecule has 0 saturated carbocycles. The van der Waals surface area contributed by atoms with Crippen molar-refractivity contribution < 1.29 is 18.7 Å². The molecular weight excluding hydrogens is 428 g/mol. The Labute approximate surface area is 182 Å². The Hall–Kier alpha value is -3.10. The van der Waals surface area contributed by atoms with E-state index in [0.717, 1.165) is 16.8 Å². The van der Waals surface area contributed by atoms with Gasteiger partial charge in [0.1, 0.15) is 17.2 Å². The maximum absolute atomic E-state index is 13.8. The number of aliphatic hydroxyl groups is 1. The second kappa shape index (κ2) is 9.36. The molecule has 2 aromatic carbocycles. The molecule has 0 aliphatic carbocycles. The topological polar surface area (TPSA) is 84.2 Å². The zero-order valence-corrected chi connectivity index (χ0v) is 17.5. The van der Waals surface area contributed by atoms with E-state index in [-0.39, 0.29) is 29.4 Å². The van der Waals surface area contributed by atoms with Crippen molar-refractivity contribution in [3.8, 4) is 16.9 Å². The number of nitrogens with zero attached hydrogens (tertiary/aromatic N) is 2. The van der Waals surface area contributed by atoms with Crippen molar-refractivity contribution in [1.82, 2.24) is 15.1 Å². The molecule has 0 bridgehead atoms. The molecule has 6 nitrogen and oxygen atoms in total. The molecule has 3 rings (SSSR count). The first kappa shape index (κ1) is 22.6. The van der Waals surface area contributed by atoms with Gasteiger partial charge in [0.2, 0.25) is 0 Å². The highest BCUT2D eigenvalue weighted by molar-refractivity contribution is 6.30. The van der Waals surface area contributed by atoms with E-state index in [4.69, 9.17) is 11.6 Å². The summed E-state index contributed by atoms with van der Waals surface area (Å²) in [5.74, 6) is -2.64. The van der Waals surface area contributed by atoms with E-state index in [1.807, 2.05) is 0 Å². The van der Waals surface area contributed by atoms with Gasteiger partial charge in [-0.3, -0.25) is 9.59 Å². The first-order chi connectivity index (χ1) is 14.7. The third-order valence-electron chi connectivity index (χ3n) is 4.63. The fraction of sp³-hybridized carbons (Fsp3) is 0.227. The molecule has 1 aromatic heterocycles. The van der Waals surface area contributed by atoms with Gasteiger partial charge in [-0.1, -0.05) is 37.6 Å². The summed E-state index contributed by atoms with van der Waals surface area (Å²) < 4.78 is 28.3. The van der Waals surface area contributed by atoms with Crippen LogP contribution < -0.4 is 10.9 Å². The Kier molecular flexibility index (Phi) is 6.82. The predicted molar refractivity (Wildman–Crippen MR) is 113 cm³/mol. The zero-order chi connectivity index (χ0) is 22.7. The van der Waals surface area contributed by atoms with Gasteiger partial charge in [-0.2, -0.15) is 9.78 Å². The number of benzene rings is 2. The molecular formula is C22H20ClF2N3O3. The molecule has 0 aliphatic heterocycles. The van der Waals surface area contributed by atoms with Crippen LogP contribution in [0, 0.1) is 17.6 Å². The van der Waals surface area contributed by atoms with Crippen LogP contribution >= 0.6 is 11.6 Å². The maximum atomic E-state index is 13.8. The number of aliphatic hydroxyl groups excluding tert-OH is 1. The summed E-state index contributed by atoms with van der Waals surface area (Å²) in [5, 5.41) is 17.1. The summed E-state index contributed by atoms with van der Waals surface area (Å²) in [6, 6.07) is 10.3. The Morgan fingerprint density at radius 1 is 1.13 bits per heavy atom. The average Bonchev–Trinajstić information content (AvgIpc) is 2.71. The molecule has 31 heavy (non-hydrogen) atoms. The van der Waals surface area contributed by atoms with Crippen molar-refractivity contribution in [1.29, 1.82) is 0 Å². The van der Waals surface area contributed by atoms with E-state index >= 15 is 0 Å². The minimum atomic E-state index is -0.897. The van der Waals surface area contributed by atoms with Gasteiger partial charge in [-0.15, -0.1) is 0 Å². The van der Waals surface area contributed by atoms with Crippen LogP contribution in [0.3, 0.4) is 0 Å². The lowest BCUT2D eigenvalue weighted by atomic mass is 10.1. The molecule has 162 valence electrons. The highest BCUT2D eigenvalue weighted by Crippen LogP contribution is 2.21. The minimum Gasteiger partial charge on any atom is -0.391 e. The van der Waals surface area contributed by atoms with Crippen LogP contribution in [0.4, 0.5) is 8.78 Å². The minimum absolute atomic E-state index is 0.0663. The summed E-state index contributed by atoms with van der Waals surface area (Å²) in [4.78, 5) is 25.7. The Morgan fingerprint density at radius 2 is 1.74 bits per heavy atom. The standard InChI is InChI=1S/C22H20ClF2N3O3/c1-12(2)20(29)11-26-21(30)18-10-19(13-3-5-14(23)6-4-13)27-28(22(18)31)17-8-15(24)7-16(25)9-17/h3-10,12,20,29H,11H2,1-2H3,(H,26,30). The van der Waals surface area contributed by atoms with Crippen molar-refractivity contribution in [2.45, 2.75) is 20.0 Å². The van der Waals surface area contributed by atoms with Crippen LogP contribution in [0.25, 0.3) is 16.9 Å². The van der Waals surface area contributed by atoms with Crippen LogP contribution in [0.1, 0.15) is 24.2 Å². The summed E-state index contributed by atoms with van der Waals surface area (Å²) in [6.45, 7) is 3.50. The third-order valence-corrected chi connectivity index (χ3v) is 4.88. The van der Waals surface area contributed by atoms with Crippen LogP contribution in [0.5, 0.6) is 0 Å². The Morgan fingerprint density at radius 3 is 2.32 bits per heavy atom. The highest BCUT2D eigenvalue weighted by atomic mass is 35.5. The number of hydrogen-bond acceptors (Lipinski definition) is 4. The molecule has 1 atom stereocenters. The van der Waals surface area contributed by atoms with Crippen molar-refractivity contribution in [2.75, 3.05) is 6.54 Å². The predicted octanol–water partition coefficient (Wildman–Crippen LogP) is 3.58. The van der Waals surface area contributed by atoms with Crippen LogP contribution in [-0.4, -0.2) is 33.4 Å². The molecule has 0 spiro atoms. The number of halogens is 3. The van der Waals surface area contributed by atoms with Crippen molar-refractivity contribution in [2.24, 2.45) is 5.92 Å². The van der Waals surface area contributed by atoms with Gasteiger partial charge in [0.05, 0.1) is 17.5 Å². The quantitative estimate of drug-likeness (QED) is 0.605. The molecule has 0 saturated heterocycles. The van der Waals surface area contributed by atoms with E-state index in [1.54, 1.807) is 38.1 Å². The molecule has 1 amide bonds. The fourth-order valence-electron chi connectivity index (χ4n) is 2.78. The van der Waals surface area contributed by atoms with Crippen LogP contribution in [0.2, 0.25) is 5.02 Å². The number of aromatic nitrogens is 2. The van der Waals surface area contributed by atoms with Crippen LogP contribution in [0.15, 0.2) is 53.3 Å². The van der Waals surface area contributed by atoms with Crippen molar-refractivity contribution >= 4 is 17.5 Å². The lowest BCUT2D eigenvalue weighted by Gasteiger charge is -2.16. The van der Waals surface area contributed by atoms with Gasteiger partial charge < -0.3 is 10.4 Å². The lowest BCUT2D eigenvalue weighted by Crippen LogP contribution is -2.38.